The number of nitrogens with zero attached hydrogens (tertiary/aromatic N) is 3. The number of benzene rings is 1. The molecule has 4 heteroatoms. The first kappa shape index (κ1) is 7.32. The van der Waals surface area contributed by atoms with Gasteiger partial charge in [-0.3, -0.25) is 4.40 Å². The van der Waals surface area contributed by atoms with Crippen molar-refractivity contribution in [2.45, 2.75) is 0 Å². The molecule has 14 heavy (non-hydrogen) atoms. The summed E-state index contributed by atoms with van der Waals surface area (Å²) in [5.74, 6) is 0.702. The fraction of sp³-hybridized carbons (Fsp3) is 0. The van der Waals surface area contributed by atoms with Gasteiger partial charge in [-0.15, -0.1) is 0 Å². The summed E-state index contributed by atoms with van der Waals surface area (Å²) in [7, 11) is 0. The Labute approximate surface area is 80.0 Å². The zero-order chi connectivity index (χ0) is 9.54. The molecular weight excluding hydrogens is 176 g/mol. The number of nitrogen functional groups attached to an aromatic ring is 1. The van der Waals surface area contributed by atoms with Gasteiger partial charge in [0.1, 0.15) is 0 Å². The lowest BCUT2D eigenvalue weighted by molar-refractivity contribution is 1.13. The molecule has 0 bridgehead atoms. The van der Waals surface area contributed by atoms with Crippen LogP contribution in [0.25, 0.3) is 16.8 Å². The molecule has 3 aromatic rings. The molecule has 4 nitrogen and oxygen atoms in total. The van der Waals surface area contributed by atoms with Crippen molar-refractivity contribution in [3.63, 3.8) is 0 Å². The smallest absolute Gasteiger partial charge is 0.234 e. The van der Waals surface area contributed by atoms with Gasteiger partial charge in [-0.05, 0) is 24.3 Å². The number of hydrogen-bond donors (Lipinski definition) is 1. The molecule has 0 aliphatic heterocycles. The van der Waals surface area contributed by atoms with Gasteiger partial charge in [-0.25, -0.2) is 9.97 Å². The highest BCUT2D eigenvalue weighted by molar-refractivity contribution is 5.82. The molecule has 0 amide bonds. The van der Waals surface area contributed by atoms with E-state index >= 15 is 0 Å². The van der Waals surface area contributed by atoms with Crippen molar-refractivity contribution in [2.24, 2.45) is 0 Å². The van der Waals surface area contributed by atoms with Crippen LogP contribution in [0.2, 0.25) is 0 Å². The van der Waals surface area contributed by atoms with Gasteiger partial charge in [-0.2, -0.15) is 0 Å². The van der Waals surface area contributed by atoms with E-state index in [0.717, 1.165) is 16.7 Å². The van der Waals surface area contributed by atoms with Crippen LogP contribution < -0.4 is 5.73 Å². The summed E-state index contributed by atoms with van der Waals surface area (Å²) in [6, 6.07) is 7.55. The minimum atomic E-state index is 0.702. The van der Waals surface area contributed by atoms with E-state index < -0.39 is 0 Å². The molecule has 0 unspecified atom stereocenters. The second kappa shape index (κ2) is 2.45. The molecule has 0 aliphatic carbocycles. The average Bonchev–Trinajstić information content (AvgIpc) is 2.54. The number of anilines is 1. The fourth-order valence-electron chi connectivity index (χ4n) is 1.58. The van der Waals surface area contributed by atoms with Crippen molar-refractivity contribution < 1.29 is 0 Å². The summed E-state index contributed by atoms with van der Waals surface area (Å²) in [6.07, 6.45) is 3.67. The van der Waals surface area contributed by atoms with Crippen molar-refractivity contribution >= 4 is 22.5 Å². The van der Waals surface area contributed by atoms with Gasteiger partial charge in [0.15, 0.2) is 0 Å². The van der Waals surface area contributed by atoms with Crippen LogP contribution in [0.15, 0.2) is 36.7 Å². The minimum Gasteiger partial charge on any atom is -0.399 e. The van der Waals surface area contributed by atoms with Crippen LogP contribution >= 0.6 is 0 Å². The third kappa shape index (κ3) is 0.877. The summed E-state index contributed by atoms with van der Waals surface area (Å²) in [4.78, 5) is 8.51. The molecule has 68 valence electrons. The predicted molar refractivity (Wildman–Crippen MR) is 54.9 cm³/mol. The van der Waals surface area contributed by atoms with Gasteiger partial charge >= 0.3 is 0 Å². The van der Waals surface area contributed by atoms with Crippen molar-refractivity contribution in [3.05, 3.63) is 36.7 Å². The summed E-state index contributed by atoms with van der Waals surface area (Å²) in [5.41, 5.74) is 8.31. The first-order valence-electron chi connectivity index (χ1n) is 4.33. The lowest BCUT2D eigenvalue weighted by Gasteiger charge is -1.93. The summed E-state index contributed by atoms with van der Waals surface area (Å²) < 4.78 is 1.94. The number of hydrogen-bond acceptors (Lipinski definition) is 3. The van der Waals surface area contributed by atoms with Gasteiger partial charge in [-0.1, -0.05) is 0 Å². The third-order valence-corrected chi connectivity index (χ3v) is 2.21. The van der Waals surface area contributed by atoms with Crippen LogP contribution in [0.5, 0.6) is 0 Å². The monoisotopic (exact) mass is 184 g/mol. The van der Waals surface area contributed by atoms with E-state index in [-0.39, 0.29) is 0 Å². The molecule has 2 aromatic heterocycles. The summed E-state index contributed by atoms with van der Waals surface area (Å²) >= 11 is 0. The Hall–Kier alpha value is -2.10. The van der Waals surface area contributed by atoms with E-state index in [1.54, 1.807) is 6.20 Å². The van der Waals surface area contributed by atoms with E-state index in [1.165, 1.54) is 0 Å². The summed E-state index contributed by atoms with van der Waals surface area (Å²) in [6.45, 7) is 0. The van der Waals surface area contributed by atoms with E-state index in [4.69, 9.17) is 5.73 Å². The Kier molecular flexibility index (Phi) is 1.28. The van der Waals surface area contributed by atoms with Crippen molar-refractivity contribution in [2.75, 3.05) is 5.73 Å². The van der Waals surface area contributed by atoms with Crippen LogP contribution in [0.1, 0.15) is 0 Å². The lowest BCUT2D eigenvalue weighted by Crippen LogP contribution is -1.86. The molecule has 0 spiro atoms. The molecule has 0 atom stereocenters. The Bertz CT molecular complexity index is 612. The number of fused-ring (bicyclic) bond motifs is 3. The van der Waals surface area contributed by atoms with E-state index in [9.17, 15) is 0 Å². The normalized spacial score (nSPS) is 11.1. The highest BCUT2D eigenvalue weighted by Crippen LogP contribution is 2.17. The molecule has 2 heterocycles. The zero-order valence-electron chi connectivity index (χ0n) is 7.38. The first-order valence-corrected chi connectivity index (χ1v) is 4.33. The highest BCUT2D eigenvalue weighted by atomic mass is 15.1. The molecule has 0 aliphatic rings. The quantitative estimate of drug-likeness (QED) is 0.538. The topological polar surface area (TPSA) is 56.2 Å². The van der Waals surface area contributed by atoms with Crippen LogP contribution in [-0.4, -0.2) is 14.4 Å². The number of nitrogens with two attached hydrogens (primary N) is 1. The average molecular weight is 184 g/mol. The van der Waals surface area contributed by atoms with Gasteiger partial charge in [0.25, 0.3) is 0 Å². The van der Waals surface area contributed by atoms with Crippen molar-refractivity contribution in [1.29, 1.82) is 0 Å². The van der Waals surface area contributed by atoms with Gasteiger partial charge in [0.2, 0.25) is 5.78 Å². The van der Waals surface area contributed by atoms with Crippen LogP contribution in [0.3, 0.4) is 0 Å². The van der Waals surface area contributed by atoms with E-state index in [1.807, 2.05) is 34.9 Å². The van der Waals surface area contributed by atoms with Gasteiger partial charge in [0, 0.05) is 18.1 Å². The Balaban J connectivity index is 2.57. The fourth-order valence-corrected chi connectivity index (χ4v) is 1.58. The number of rotatable bonds is 0. The maximum absolute atomic E-state index is 5.68. The minimum absolute atomic E-state index is 0.702. The summed E-state index contributed by atoms with van der Waals surface area (Å²) in [5, 5.41) is 0. The van der Waals surface area contributed by atoms with Crippen LogP contribution in [0, 0.1) is 0 Å². The standard InChI is InChI=1S/C10H8N4/c11-7-2-3-9-8(6-7)13-10-12-4-1-5-14(9)10/h1-6H,11H2. The van der Waals surface area contributed by atoms with Crippen LogP contribution in [-0.2, 0) is 0 Å². The molecule has 0 saturated heterocycles. The molecule has 0 radical (unpaired) electrons. The number of aromatic nitrogens is 3. The molecule has 0 saturated carbocycles. The Morgan fingerprint density at radius 1 is 1.29 bits per heavy atom. The van der Waals surface area contributed by atoms with E-state index in [2.05, 4.69) is 9.97 Å². The molecule has 3 rings (SSSR count). The van der Waals surface area contributed by atoms with Crippen LogP contribution in [0.4, 0.5) is 5.69 Å². The Morgan fingerprint density at radius 2 is 2.21 bits per heavy atom. The lowest BCUT2D eigenvalue weighted by atomic mass is 10.3. The Morgan fingerprint density at radius 3 is 3.14 bits per heavy atom. The second-order valence-corrected chi connectivity index (χ2v) is 3.15. The molecule has 1 aromatic carbocycles. The first-order chi connectivity index (χ1) is 6.84. The van der Waals surface area contributed by atoms with Crippen molar-refractivity contribution in [3.8, 4) is 0 Å². The second-order valence-electron chi connectivity index (χ2n) is 3.15. The SMILES string of the molecule is Nc1ccc2c(c1)nc1ncccn12. The molecule has 2 N–H and O–H groups in total. The predicted octanol–water partition coefficient (Wildman–Crippen LogP) is 1.46. The third-order valence-electron chi connectivity index (χ3n) is 2.21. The maximum Gasteiger partial charge on any atom is 0.234 e. The molecule has 0 fully saturated rings. The highest BCUT2D eigenvalue weighted by Gasteiger charge is 2.03. The maximum atomic E-state index is 5.68. The van der Waals surface area contributed by atoms with Gasteiger partial charge < -0.3 is 5.73 Å². The zero-order valence-corrected chi connectivity index (χ0v) is 7.38. The number of imidazole rings is 1. The van der Waals surface area contributed by atoms with Gasteiger partial charge in [0.05, 0.1) is 11.0 Å². The largest absolute Gasteiger partial charge is 0.399 e. The van der Waals surface area contributed by atoms with Crippen molar-refractivity contribution in [1.82, 2.24) is 14.4 Å². The van der Waals surface area contributed by atoms with E-state index in [0.29, 0.717) is 5.78 Å². The molecular formula is C10H8N4.